The van der Waals surface area contributed by atoms with Gasteiger partial charge in [-0.25, -0.2) is 0 Å². The number of ether oxygens (including phenoxy) is 2. The van der Waals surface area contributed by atoms with Crippen molar-refractivity contribution < 1.29 is 14.6 Å². The van der Waals surface area contributed by atoms with Crippen LogP contribution in [0.4, 0.5) is 0 Å². The number of hydrogen-bond donors (Lipinski definition) is 2. The van der Waals surface area contributed by atoms with Crippen LogP contribution in [0.2, 0.25) is 5.02 Å². The number of hydrogen-bond acceptors (Lipinski definition) is 5. The highest BCUT2D eigenvalue weighted by molar-refractivity contribution is 6.33. The second-order valence-corrected chi connectivity index (χ2v) is 5.43. The molecule has 2 heterocycles. The molecule has 2 aliphatic heterocycles. The molecule has 0 bridgehead atoms. The average Bonchev–Trinajstić information content (AvgIpc) is 2.49. The van der Waals surface area contributed by atoms with Gasteiger partial charge in [0, 0.05) is 44.4 Å². The molecule has 0 unspecified atom stereocenters. The van der Waals surface area contributed by atoms with Gasteiger partial charge in [0.2, 0.25) is 0 Å². The zero-order valence-electron chi connectivity index (χ0n) is 11.3. The molecule has 3 rings (SSSR count). The van der Waals surface area contributed by atoms with Crippen molar-refractivity contribution in [1.82, 2.24) is 10.2 Å². The lowest BCUT2D eigenvalue weighted by Crippen LogP contribution is -2.44. The van der Waals surface area contributed by atoms with Gasteiger partial charge in [0.25, 0.3) is 0 Å². The molecule has 110 valence electrons. The fraction of sp³-hybridized carbons (Fsp3) is 0.571. The zero-order valence-corrected chi connectivity index (χ0v) is 12.1. The first-order valence-corrected chi connectivity index (χ1v) is 7.36. The molecule has 0 saturated carbocycles. The fourth-order valence-electron chi connectivity index (χ4n) is 2.64. The largest absolute Gasteiger partial charge is 0.506 e. The van der Waals surface area contributed by atoms with Crippen molar-refractivity contribution in [2.24, 2.45) is 0 Å². The second kappa shape index (κ2) is 6.08. The number of benzene rings is 1. The Morgan fingerprint density at radius 1 is 1.25 bits per heavy atom. The maximum Gasteiger partial charge on any atom is 0.166 e. The molecule has 1 aromatic carbocycles. The molecule has 1 fully saturated rings. The zero-order chi connectivity index (χ0) is 13.9. The van der Waals surface area contributed by atoms with Gasteiger partial charge < -0.3 is 24.8 Å². The molecule has 0 aliphatic carbocycles. The van der Waals surface area contributed by atoms with Crippen molar-refractivity contribution in [1.29, 1.82) is 0 Å². The summed E-state index contributed by atoms with van der Waals surface area (Å²) >= 11 is 6.23. The maximum absolute atomic E-state index is 9.90. The van der Waals surface area contributed by atoms with E-state index in [1.54, 1.807) is 0 Å². The Kier molecular flexibility index (Phi) is 4.19. The van der Waals surface area contributed by atoms with Gasteiger partial charge in [-0.15, -0.1) is 0 Å². The Morgan fingerprint density at radius 2 is 2.00 bits per heavy atom. The lowest BCUT2D eigenvalue weighted by molar-refractivity contribution is 0.168. The molecule has 0 radical (unpaired) electrons. The molecule has 6 heteroatoms. The standard InChI is InChI=1S/C14H19ClN2O3/c15-13-10(1-4-17-5-2-16-3-6-17)14-12(9-11(13)18)19-7-8-20-14/h9,16,18H,1-8H2. The van der Waals surface area contributed by atoms with Gasteiger partial charge in [-0.3, -0.25) is 0 Å². The van der Waals surface area contributed by atoms with E-state index < -0.39 is 0 Å². The Labute approximate surface area is 123 Å². The fourth-order valence-corrected chi connectivity index (χ4v) is 2.88. The van der Waals surface area contributed by atoms with Gasteiger partial charge in [0.05, 0.1) is 5.02 Å². The molecular formula is C14H19ClN2O3. The monoisotopic (exact) mass is 298 g/mol. The van der Waals surface area contributed by atoms with E-state index in [-0.39, 0.29) is 5.75 Å². The van der Waals surface area contributed by atoms with Crippen molar-refractivity contribution >= 4 is 11.6 Å². The number of nitrogens with one attached hydrogen (secondary N) is 1. The van der Waals surface area contributed by atoms with Gasteiger partial charge in [0.15, 0.2) is 11.5 Å². The summed E-state index contributed by atoms with van der Waals surface area (Å²) in [5.74, 6) is 1.34. The number of aromatic hydroxyl groups is 1. The first-order chi connectivity index (χ1) is 9.75. The number of piperazine rings is 1. The minimum absolute atomic E-state index is 0.0613. The van der Waals surface area contributed by atoms with Crippen molar-refractivity contribution in [3.05, 3.63) is 16.7 Å². The number of phenolic OH excluding ortho intramolecular Hbond substituents is 1. The van der Waals surface area contributed by atoms with Crippen LogP contribution in [0.15, 0.2) is 6.07 Å². The van der Waals surface area contributed by atoms with Gasteiger partial charge in [0.1, 0.15) is 19.0 Å². The Bertz CT molecular complexity index is 490. The molecule has 2 aliphatic rings. The van der Waals surface area contributed by atoms with Crippen LogP contribution in [0.3, 0.4) is 0 Å². The minimum atomic E-state index is 0.0613. The smallest absolute Gasteiger partial charge is 0.166 e. The quantitative estimate of drug-likeness (QED) is 0.880. The summed E-state index contributed by atoms with van der Waals surface area (Å²) < 4.78 is 11.2. The summed E-state index contributed by atoms with van der Waals surface area (Å²) in [4.78, 5) is 2.38. The molecule has 2 N–H and O–H groups in total. The van der Waals surface area contributed by atoms with Crippen LogP contribution in [0.25, 0.3) is 0 Å². The van der Waals surface area contributed by atoms with Gasteiger partial charge in [-0.2, -0.15) is 0 Å². The van der Waals surface area contributed by atoms with E-state index in [0.717, 1.165) is 44.7 Å². The Balaban J connectivity index is 1.78. The molecule has 0 aromatic heterocycles. The molecule has 1 saturated heterocycles. The number of fused-ring (bicyclic) bond motifs is 1. The third-order valence-electron chi connectivity index (χ3n) is 3.73. The summed E-state index contributed by atoms with van der Waals surface area (Å²) in [6, 6.07) is 1.53. The highest BCUT2D eigenvalue weighted by Crippen LogP contribution is 2.43. The van der Waals surface area contributed by atoms with Crippen LogP contribution in [0.5, 0.6) is 17.2 Å². The molecule has 20 heavy (non-hydrogen) atoms. The van der Waals surface area contributed by atoms with Crippen LogP contribution in [0, 0.1) is 0 Å². The van der Waals surface area contributed by atoms with Crippen LogP contribution in [-0.2, 0) is 6.42 Å². The summed E-state index contributed by atoms with van der Waals surface area (Å²) in [7, 11) is 0. The average molecular weight is 299 g/mol. The lowest BCUT2D eigenvalue weighted by atomic mass is 10.1. The van der Waals surface area contributed by atoms with Crippen molar-refractivity contribution in [2.75, 3.05) is 45.9 Å². The van der Waals surface area contributed by atoms with Crippen molar-refractivity contribution in [2.45, 2.75) is 6.42 Å². The lowest BCUT2D eigenvalue weighted by Gasteiger charge is -2.28. The van der Waals surface area contributed by atoms with E-state index >= 15 is 0 Å². The summed E-state index contributed by atoms with van der Waals surface area (Å²) in [6.07, 6.45) is 0.749. The molecular weight excluding hydrogens is 280 g/mol. The molecule has 0 spiro atoms. The topological polar surface area (TPSA) is 54.0 Å². The summed E-state index contributed by atoms with van der Waals surface area (Å²) in [5.41, 5.74) is 0.847. The van der Waals surface area contributed by atoms with E-state index in [0.29, 0.717) is 29.7 Å². The number of rotatable bonds is 3. The Morgan fingerprint density at radius 3 is 2.80 bits per heavy atom. The van der Waals surface area contributed by atoms with Gasteiger partial charge in [-0.05, 0) is 6.42 Å². The van der Waals surface area contributed by atoms with Gasteiger partial charge in [-0.1, -0.05) is 11.6 Å². The van der Waals surface area contributed by atoms with Crippen molar-refractivity contribution in [3.8, 4) is 17.2 Å². The highest BCUT2D eigenvalue weighted by Gasteiger charge is 2.22. The third kappa shape index (κ3) is 2.80. The van der Waals surface area contributed by atoms with Crippen molar-refractivity contribution in [3.63, 3.8) is 0 Å². The second-order valence-electron chi connectivity index (χ2n) is 5.05. The minimum Gasteiger partial charge on any atom is -0.506 e. The van der Waals surface area contributed by atoms with Crippen LogP contribution >= 0.6 is 11.6 Å². The number of nitrogens with zero attached hydrogens (tertiary/aromatic N) is 1. The van der Waals surface area contributed by atoms with E-state index in [1.165, 1.54) is 6.07 Å². The van der Waals surface area contributed by atoms with Crippen LogP contribution < -0.4 is 14.8 Å². The SMILES string of the molecule is Oc1cc2c(c(CCN3CCNCC3)c1Cl)OCCO2. The highest BCUT2D eigenvalue weighted by atomic mass is 35.5. The van der Waals surface area contributed by atoms with E-state index in [1.807, 2.05) is 0 Å². The molecule has 5 nitrogen and oxygen atoms in total. The van der Waals surface area contributed by atoms with Crippen LogP contribution in [0.1, 0.15) is 5.56 Å². The van der Waals surface area contributed by atoms with E-state index in [2.05, 4.69) is 10.2 Å². The van der Waals surface area contributed by atoms with Crippen LogP contribution in [-0.4, -0.2) is 55.9 Å². The van der Waals surface area contributed by atoms with Gasteiger partial charge >= 0.3 is 0 Å². The maximum atomic E-state index is 9.90. The predicted molar refractivity (Wildman–Crippen MR) is 77.1 cm³/mol. The van der Waals surface area contributed by atoms with E-state index in [4.69, 9.17) is 21.1 Å². The normalized spacial score (nSPS) is 19.1. The molecule has 0 atom stereocenters. The third-order valence-corrected chi connectivity index (χ3v) is 4.15. The molecule has 0 amide bonds. The summed E-state index contributed by atoms with van der Waals surface area (Å²) in [5, 5.41) is 13.6. The number of phenols is 1. The molecule has 1 aromatic rings. The van der Waals surface area contributed by atoms with E-state index in [9.17, 15) is 5.11 Å². The first-order valence-electron chi connectivity index (χ1n) is 6.98. The Hall–Kier alpha value is -1.17. The predicted octanol–water partition coefficient (Wildman–Crippen LogP) is 1.26. The number of halogens is 1. The first kappa shape index (κ1) is 13.8. The summed E-state index contributed by atoms with van der Waals surface area (Å²) in [6.45, 7) is 6.05.